The van der Waals surface area contributed by atoms with Crippen molar-refractivity contribution >= 4 is 10.8 Å². The molecule has 3 aromatic rings. The second kappa shape index (κ2) is 3.74. The molecule has 3 rings (SSSR count). The normalized spacial score (nSPS) is 10.9. The fourth-order valence-corrected chi connectivity index (χ4v) is 2.31. The summed E-state index contributed by atoms with van der Waals surface area (Å²) >= 11 is 0. The van der Waals surface area contributed by atoms with Crippen LogP contribution in [0.3, 0.4) is 0 Å². The Kier molecular flexibility index (Phi) is 2.22. The Balaban J connectivity index is 2.38. The average Bonchev–Trinajstić information content (AvgIpc) is 2.69. The van der Waals surface area contributed by atoms with Crippen LogP contribution in [0.15, 0.2) is 47.0 Å². The van der Waals surface area contributed by atoms with E-state index in [2.05, 4.69) is 47.6 Å². The molecule has 17 heavy (non-hydrogen) atoms. The SMILES string of the molecule is Cc1noc(C)c1-c1cccc2ccccc12. The number of fused-ring (bicyclic) bond motifs is 1. The van der Waals surface area contributed by atoms with E-state index in [1.54, 1.807) is 0 Å². The molecule has 0 bridgehead atoms. The minimum Gasteiger partial charge on any atom is -0.361 e. The number of nitrogens with zero attached hydrogens (tertiary/aromatic N) is 1. The van der Waals surface area contributed by atoms with Gasteiger partial charge in [-0.2, -0.15) is 0 Å². The quantitative estimate of drug-likeness (QED) is 0.620. The van der Waals surface area contributed by atoms with E-state index in [4.69, 9.17) is 4.52 Å². The van der Waals surface area contributed by atoms with Crippen molar-refractivity contribution in [3.05, 3.63) is 53.9 Å². The van der Waals surface area contributed by atoms with Gasteiger partial charge in [-0.15, -0.1) is 0 Å². The van der Waals surface area contributed by atoms with E-state index in [0.29, 0.717) is 0 Å². The zero-order chi connectivity index (χ0) is 11.8. The lowest BCUT2D eigenvalue weighted by atomic mass is 9.97. The van der Waals surface area contributed by atoms with Crippen LogP contribution in [0.5, 0.6) is 0 Å². The minimum atomic E-state index is 0.874. The predicted molar refractivity (Wildman–Crippen MR) is 68.9 cm³/mol. The third-order valence-electron chi connectivity index (χ3n) is 3.09. The van der Waals surface area contributed by atoms with Crippen molar-refractivity contribution in [2.75, 3.05) is 0 Å². The van der Waals surface area contributed by atoms with Crippen molar-refractivity contribution < 1.29 is 4.52 Å². The van der Waals surface area contributed by atoms with Gasteiger partial charge in [0.05, 0.1) is 5.69 Å². The Morgan fingerprint density at radius 2 is 1.71 bits per heavy atom. The zero-order valence-electron chi connectivity index (χ0n) is 9.90. The Labute approximate surface area is 99.9 Å². The van der Waals surface area contributed by atoms with Crippen molar-refractivity contribution in [2.24, 2.45) is 0 Å². The fraction of sp³-hybridized carbons (Fsp3) is 0.133. The maximum absolute atomic E-state index is 5.25. The number of aryl methyl sites for hydroxylation is 2. The number of rotatable bonds is 1. The number of benzene rings is 2. The molecule has 1 heterocycles. The summed E-state index contributed by atoms with van der Waals surface area (Å²) in [5.74, 6) is 0.874. The summed E-state index contributed by atoms with van der Waals surface area (Å²) in [5, 5.41) is 6.51. The van der Waals surface area contributed by atoms with Crippen LogP contribution in [0.4, 0.5) is 0 Å². The van der Waals surface area contributed by atoms with Gasteiger partial charge in [-0.25, -0.2) is 0 Å². The van der Waals surface area contributed by atoms with Gasteiger partial charge in [-0.05, 0) is 30.2 Å². The molecule has 0 saturated heterocycles. The maximum atomic E-state index is 5.25. The topological polar surface area (TPSA) is 26.0 Å². The highest BCUT2D eigenvalue weighted by molar-refractivity contribution is 5.97. The number of hydrogen-bond donors (Lipinski definition) is 0. The largest absolute Gasteiger partial charge is 0.361 e. The molecule has 0 saturated carbocycles. The van der Waals surface area contributed by atoms with E-state index in [-0.39, 0.29) is 0 Å². The molecule has 0 spiro atoms. The summed E-state index contributed by atoms with van der Waals surface area (Å²) in [7, 11) is 0. The molecule has 0 fully saturated rings. The van der Waals surface area contributed by atoms with Crippen LogP contribution in [0.25, 0.3) is 21.9 Å². The second-order valence-electron chi connectivity index (χ2n) is 4.23. The average molecular weight is 223 g/mol. The van der Waals surface area contributed by atoms with Gasteiger partial charge in [0.15, 0.2) is 0 Å². The summed E-state index contributed by atoms with van der Waals surface area (Å²) in [6, 6.07) is 14.7. The fourth-order valence-electron chi connectivity index (χ4n) is 2.31. The summed E-state index contributed by atoms with van der Waals surface area (Å²) in [4.78, 5) is 0. The molecule has 84 valence electrons. The number of aromatic nitrogens is 1. The van der Waals surface area contributed by atoms with Crippen LogP contribution in [-0.2, 0) is 0 Å². The van der Waals surface area contributed by atoms with Crippen LogP contribution in [0, 0.1) is 13.8 Å². The molecule has 0 N–H and O–H groups in total. The molecule has 0 unspecified atom stereocenters. The van der Waals surface area contributed by atoms with Crippen molar-refractivity contribution in [3.8, 4) is 11.1 Å². The summed E-state index contributed by atoms with van der Waals surface area (Å²) in [5.41, 5.74) is 3.25. The smallest absolute Gasteiger partial charge is 0.141 e. The standard InChI is InChI=1S/C15H13NO/c1-10-15(11(2)17-16-10)14-9-5-7-12-6-3-4-8-13(12)14/h3-9H,1-2H3. The van der Waals surface area contributed by atoms with Gasteiger partial charge < -0.3 is 4.52 Å². The van der Waals surface area contributed by atoms with Gasteiger partial charge in [-0.3, -0.25) is 0 Å². The first-order chi connectivity index (χ1) is 8.27. The third-order valence-corrected chi connectivity index (χ3v) is 3.09. The predicted octanol–water partition coefficient (Wildman–Crippen LogP) is 4.11. The molecular weight excluding hydrogens is 210 g/mol. The summed E-state index contributed by atoms with van der Waals surface area (Å²) < 4.78 is 5.25. The van der Waals surface area contributed by atoms with Gasteiger partial charge in [0.1, 0.15) is 5.76 Å². The first kappa shape index (κ1) is 10.1. The first-order valence-corrected chi connectivity index (χ1v) is 5.68. The maximum Gasteiger partial charge on any atom is 0.141 e. The minimum absolute atomic E-state index is 0.874. The molecule has 1 aromatic heterocycles. The van der Waals surface area contributed by atoms with E-state index in [9.17, 15) is 0 Å². The van der Waals surface area contributed by atoms with E-state index in [1.807, 2.05) is 13.8 Å². The van der Waals surface area contributed by atoms with Gasteiger partial charge in [-0.1, -0.05) is 47.6 Å². The molecule has 0 radical (unpaired) electrons. The molecule has 2 nitrogen and oxygen atoms in total. The highest BCUT2D eigenvalue weighted by Gasteiger charge is 2.13. The molecule has 0 aliphatic heterocycles. The van der Waals surface area contributed by atoms with Crippen LogP contribution in [-0.4, -0.2) is 5.16 Å². The van der Waals surface area contributed by atoms with Gasteiger partial charge in [0, 0.05) is 5.56 Å². The lowest BCUT2D eigenvalue weighted by Gasteiger charge is -2.05. The van der Waals surface area contributed by atoms with Crippen molar-refractivity contribution in [2.45, 2.75) is 13.8 Å². The highest BCUT2D eigenvalue weighted by atomic mass is 16.5. The van der Waals surface area contributed by atoms with Crippen LogP contribution in [0.1, 0.15) is 11.5 Å². The lowest BCUT2D eigenvalue weighted by Crippen LogP contribution is -1.84. The first-order valence-electron chi connectivity index (χ1n) is 5.68. The Bertz CT molecular complexity index is 657. The van der Waals surface area contributed by atoms with E-state index in [1.165, 1.54) is 16.3 Å². The molecule has 0 atom stereocenters. The molecule has 0 aliphatic carbocycles. The van der Waals surface area contributed by atoms with Crippen molar-refractivity contribution in [1.29, 1.82) is 0 Å². The van der Waals surface area contributed by atoms with Crippen molar-refractivity contribution in [1.82, 2.24) is 5.16 Å². The monoisotopic (exact) mass is 223 g/mol. The molecular formula is C15H13NO. The summed E-state index contributed by atoms with van der Waals surface area (Å²) in [6.45, 7) is 3.94. The van der Waals surface area contributed by atoms with Gasteiger partial charge in [0.2, 0.25) is 0 Å². The molecule has 2 heteroatoms. The Hall–Kier alpha value is -2.09. The van der Waals surface area contributed by atoms with E-state index in [0.717, 1.165) is 17.0 Å². The molecule has 2 aromatic carbocycles. The van der Waals surface area contributed by atoms with E-state index >= 15 is 0 Å². The Morgan fingerprint density at radius 3 is 2.47 bits per heavy atom. The molecule has 0 amide bonds. The van der Waals surface area contributed by atoms with Crippen LogP contribution < -0.4 is 0 Å². The zero-order valence-corrected chi connectivity index (χ0v) is 9.90. The van der Waals surface area contributed by atoms with Crippen LogP contribution in [0.2, 0.25) is 0 Å². The Morgan fingerprint density at radius 1 is 0.941 bits per heavy atom. The third kappa shape index (κ3) is 1.53. The second-order valence-corrected chi connectivity index (χ2v) is 4.23. The highest BCUT2D eigenvalue weighted by Crippen LogP contribution is 2.32. The van der Waals surface area contributed by atoms with Gasteiger partial charge >= 0.3 is 0 Å². The molecule has 0 aliphatic rings. The van der Waals surface area contributed by atoms with Crippen LogP contribution >= 0.6 is 0 Å². The van der Waals surface area contributed by atoms with E-state index < -0.39 is 0 Å². The summed E-state index contributed by atoms with van der Waals surface area (Å²) in [6.07, 6.45) is 0. The van der Waals surface area contributed by atoms with Gasteiger partial charge in [0.25, 0.3) is 0 Å². The lowest BCUT2D eigenvalue weighted by molar-refractivity contribution is 0.393. The number of hydrogen-bond acceptors (Lipinski definition) is 2. The van der Waals surface area contributed by atoms with Crippen molar-refractivity contribution in [3.63, 3.8) is 0 Å².